The maximum Gasteiger partial charge on any atom is 0.230 e. The Morgan fingerprint density at radius 3 is 2.42 bits per heavy atom. The predicted molar refractivity (Wildman–Crippen MR) is 78.9 cm³/mol. The van der Waals surface area contributed by atoms with Crippen LogP contribution in [0.5, 0.6) is 0 Å². The third kappa shape index (κ3) is 2.49. The first-order valence-electron chi connectivity index (χ1n) is 5.98. The second kappa shape index (κ2) is 6.15. The number of fused-ring (bicyclic) bond motifs is 1. The minimum atomic E-state index is -0.889. The second-order valence-corrected chi connectivity index (χ2v) is 5.64. The minimum Gasteiger partial charge on any atom is -0.376 e. The van der Waals surface area contributed by atoms with Gasteiger partial charge in [-0.3, -0.25) is 0 Å². The van der Waals surface area contributed by atoms with Gasteiger partial charge in [0.15, 0.2) is 0 Å². The van der Waals surface area contributed by atoms with Crippen molar-refractivity contribution in [3.63, 3.8) is 0 Å². The Morgan fingerprint density at radius 1 is 1.21 bits per heavy atom. The number of ether oxygens (including phenoxy) is 3. The molecule has 1 atom stereocenters. The van der Waals surface area contributed by atoms with Gasteiger partial charge < -0.3 is 14.2 Å². The molecule has 19 heavy (non-hydrogen) atoms. The first-order valence-corrected chi connectivity index (χ1v) is 7.51. The summed E-state index contributed by atoms with van der Waals surface area (Å²) in [7, 11) is 8.44. The highest BCUT2D eigenvalue weighted by Crippen LogP contribution is 2.39. The van der Waals surface area contributed by atoms with E-state index >= 15 is 0 Å². The molecule has 2 aromatic rings. The zero-order valence-corrected chi connectivity index (χ0v) is 13.1. The molecule has 0 N–H and O–H groups in total. The monoisotopic (exact) mass is 293 g/mol. The number of hydrogen-bond acceptors (Lipinski definition) is 4. The summed E-state index contributed by atoms with van der Waals surface area (Å²) in [6, 6.07) is 10.9. The quantitative estimate of drug-likeness (QED) is 0.605. The predicted octanol–water partition coefficient (Wildman–Crippen LogP) is 2.95. The van der Waals surface area contributed by atoms with Crippen LogP contribution in [0.3, 0.4) is 0 Å². The van der Waals surface area contributed by atoms with Gasteiger partial charge in [0.1, 0.15) is 6.10 Å². The largest absolute Gasteiger partial charge is 0.376 e. The molecule has 3 radical (unpaired) electrons. The highest BCUT2D eigenvalue weighted by molar-refractivity contribution is 7.19. The SMILES string of the molecule is COC(C[Si])C(OC)(OC)c1cc2ccccc2s1. The fourth-order valence-corrected chi connectivity index (χ4v) is 3.92. The lowest BCUT2D eigenvalue weighted by Crippen LogP contribution is -2.43. The third-order valence-corrected chi connectivity index (χ3v) is 4.85. The summed E-state index contributed by atoms with van der Waals surface area (Å²) in [4.78, 5) is 1.00. The number of rotatable bonds is 6. The lowest BCUT2D eigenvalue weighted by atomic mass is 10.1. The van der Waals surface area contributed by atoms with Crippen LogP contribution in [0, 0.1) is 0 Å². The molecule has 0 saturated carbocycles. The second-order valence-electron chi connectivity index (χ2n) is 4.15. The van der Waals surface area contributed by atoms with Crippen LogP contribution in [0.1, 0.15) is 4.88 Å². The Labute approximate surface area is 120 Å². The molecule has 0 saturated heterocycles. The maximum absolute atomic E-state index is 5.68. The molecule has 0 aliphatic heterocycles. The van der Waals surface area contributed by atoms with E-state index in [-0.39, 0.29) is 6.10 Å². The smallest absolute Gasteiger partial charge is 0.230 e. The molecular weight excluding hydrogens is 276 g/mol. The van der Waals surface area contributed by atoms with Crippen molar-refractivity contribution in [2.45, 2.75) is 17.9 Å². The van der Waals surface area contributed by atoms with Gasteiger partial charge in [-0.1, -0.05) is 18.2 Å². The topological polar surface area (TPSA) is 27.7 Å². The van der Waals surface area contributed by atoms with Gasteiger partial charge in [0, 0.05) is 36.3 Å². The highest BCUT2D eigenvalue weighted by atomic mass is 32.1. The molecule has 0 fully saturated rings. The summed E-state index contributed by atoms with van der Waals surface area (Å²) < 4.78 is 18.1. The van der Waals surface area contributed by atoms with Crippen LogP contribution in [0.2, 0.25) is 6.04 Å². The molecule has 1 unspecified atom stereocenters. The zero-order valence-electron chi connectivity index (χ0n) is 11.3. The van der Waals surface area contributed by atoms with E-state index in [4.69, 9.17) is 14.2 Å². The Hall–Kier alpha value is -0.723. The van der Waals surface area contributed by atoms with Crippen molar-refractivity contribution >= 4 is 31.7 Å². The molecule has 2 rings (SSSR count). The maximum atomic E-state index is 5.68. The average molecular weight is 293 g/mol. The first-order chi connectivity index (χ1) is 9.21. The van der Waals surface area contributed by atoms with Crippen molar-refractivity contribution in [3.8, 4) is 0 Å². The molecule has 0 bridgehead atoms. The molecule has 0 aliphatic carbocycles. The Bertz CT molecular complexity index is 499. The van der Waals surface area contributed by atoms with E-state index < -0.39 is 5.79 Å². The number of thiophene rings is 1. The van der Waals surface area contributed by atoms with Gasteiger partial charge in [0.2, 0.25) is 5.79 Å². The van der Waals surface area contributed by atoms with Crippen LogP contribution in [-0.2, 0) is 20.0 Å². The van der Waals surface area contributed by atoms with Crippen molar-refractivity contribution in [3.05, 3.63) is 35.2 Å². The first kappa shape index (κ1) is 14.7. The van der Waals surface area contributed by atoms with Crippen LogP contribution in [-0.4, -0.2) is 37.7 Å². The normalized spacial score (nSPS) is 13.9. The molecular formula is C14H17O3SSi. The van der Waals surface area contributed by atoms with E-state index in [1.165, 1.54) is 10.1 Å². The summed E-state index contributed by atoms with van der Waals surface area (Å²) in [5.74, 6) is -0.889. The van der Waals surface area contributed by atoms with Crippen molar-refractivity contribution in [2.75, 3.05) is 21.3 Å². The Kier molecular flexibility index (Phi) is 4.75. The van der Waals surface area contributed by atoms with Gasteiger partial charge in [0.25, 0.3) is 0 Å². The molecule has 3 nitrogen and oxygen atoms in total. The summed E-state index contributed by atoms with van der Waals surface area (Å²) in [5.41, 5.74) is 0. The molecule has 0 spiro atoms. The van der Waals surface area contributed by atoms with Crippen LogP contribution in [0.15, 0.2) is 30.3 Å². The number of hydrogen-bond donors (Lipinski definition) is 0. The molecule has 0 amide bonds. The van der Waals surface area contributed by atoms with E-state index in [9.17, 15) is 0 Å². The van der Waals surface area contributed by atoms with Crippen LogP contribution in [0.25, 0.3) is 10.1 Å². The molecule has 1 heterocycles. The lowest BCUT2D eigenvalue weighted by molar-refractivity contribution is -0.267. The van der Waals surface area contributed by atoms with Gasteiger partial charge in [-0.15, -0.1) is 11.3 Å². The molecule has 1 aromatic heterocycles. The van der Waals surface area contributed by atoms with Crippen LogP contribution < -0.4 is 0 Å². The van der Waals surface area contributed by atoms with Gasteiger partial charge in [0.05, 0.1) is 4.88 Å². The molecule has 0 aliphatic rings. The summed E-state index contributed by atoms with van der Waals surface area (Å²) >= 11 is 1.66. The van der Waals surface area contributed by atoms with Crippen molar-refractivity contribution in [2.24, 2.45) is 0 Å². The van der Waals surface area contributed by atoms with E-state index in [0.29, 0.717) is 6.04 Å². The zero-order chi connectivity index (χ0) is 13.9. The molecule has 101 valence electrons. The number of benzene rings is 1. The molecule has 1 aromatic carbocycles. The number of methoxy groups -OCH3 is 3. The standard InChI is InChI=1S/C14H17O3SSi/c1-15-12(9-19)14(16-2,17-3)13-8-10-6-4-5-7-11(10)18-13/h4-8,12H,9H2,1-3H3. The highest BCUT2D eigenvalue weighted by Gasteiger charge is 2.42. The van der Waals surface area contributed by atoms with Gasteiger partial charge in [-0.25, -0.2) is 0 Å². The van der Waals surface area contributed by atoms with Crippen molar-refractivity contribution < 1.29 is 14.2 Å². The summed E-state index contributed by atoms with van der Waals surface area (Å²) in [5, 5.41) is 1.18. The van der Waals surface area contributed by atoms with E-state index in [2.05, 4.69) is 28.4 Å². The minimum absolute atomic E-state index is 0.229. The van der Waals surface area contributed by atoms with Gasteiger partial charge >= 0.3 is 0 Å². The Balaban J connectivity index is 2.54. The Morgan fingerprint density at radius 2 is 1.89 bits per heavy atom. The van der Waals surface area contributed by atoms with Crippen molar-refractivity contribution in [1.82, 2.24) is 0 Å². The fourth-order valence-electron chi connectivity index (χ4n) is 2.23. The van der Waals surface area contributed by atoms with Gasteiger partial charge in [-0.05, 0) is 23.6 Å². The summed E-state index contributed by atoms with van der Waals surface area (Å²) in [6.07, 6.45) is -0.229. The van der Waals surface area contributed by atoms with Crippen LogP contribution in [0.4, 0.5) is 0 Å². The van der Waals surface area contributed by atoms with Crippen molar-refractivity contribution in [1.29, 1.82) is 0 Å². The van der Waals surface area contributed by atoms with Crippen LogP contribution >= 0.6 is 11.3 Å². The van der Waals surface area contributed by atoms with E-state index in [0.717, 1.165) is 4.88 Å². The van der Waals surface area contributed by atoms with E-state index in [1.807, 2.05) is 12.1 Å². The van der Waals surface area contributed by atoms with E-state index in [1.54, 1.807) is 32.7 Å². The average Bonchev–Trinajstić information content (AvgIpc) is 2.89. The fraction of sp³-hybridized carbons (Fsp3) is 0.429. The van der Waals surface area contributed by atoms with Gasteiger partial charge in [-0.2, -0.15) is 0 Å². The molecule has 5 heteroatoms. The lowest BCUT2D eigenvalue weighted by Gasteiger charge is -2.36. The third-order valence-electron chi connectivity index (χ3n) is 3.27. The summed E-state index contributed by atoms with van der Waals surface area (Å²) in [6.45, 7) is 0.